The minimum Gasteiger partial charge on any atom is -0.318 e. The zero-order valence-electron chi connectivity index (χ0n) is 6.76. The molecule has 62 valence electrons. The van der Waals surface area contributed by atoms with Gasteiger partial charge in [-0.2, -0.15) is 0 Å². The van der Waals surface area contributed by atoms with Gasteiger partial charge in [0, 0.05) is 24.2 Å². The largest absolute Gasteiger partial charge is 0.318 e. The molecule has 0 spiro atoms. The molecule has 0 aromatic carbocycles. The second-order valence-electron chi connectivity index (χ2n) is 2.40. The van der Waals surface area contributed by atoms with E-state index in [0.29, 0.717) is 0 Å². The van der Waals surface area contributed by atoms with E-state index < -0.39 is 0 Å². The topological polar surface area (TPSA) is 34.0 Å². The number of hydrogen-bond acceptors (Lipinski definition) is 3. The van der Waals surface area contributed by atoms with Crippen molar-refractivity contribution in [1.82, 2.24) is 9.88 Å². The van der Waals surface area contributed by atoms with Crippen LogP contribution in [0.4, 0.5) is 0 Å². The Hall–Kier alpha value is -0.610. The summed E-state index contributed by atoms with van der Waals surface area (Å²) in [7, 11) is 1.88. The van der Waals surface area contributed by atoms with Crippen LogP contribution in [0.25, 0.3) is 0 Å². The van der Waals surface area contributed by atoms with E-state index in [1.54, 1.807) is 4.57 Å². The van der Waals surface area contributed by atoms with E-state index in [2.05, 4.69) is 5.32 Å². The van der Waals surface area contributed by atoms with Crippen molar-refractivity contribution in [2.24, 2.45) is 0 Å². The van der Waals surface area contributed by atoms with Gasteiger partial charge in [0.25, 0.3) is 0 Å². The Morgan fingerprint density at radius 3 is 2.91 bits per heavy atom. The Labute approximate surface area is 69.7 Å². The van der Waals surface area contributed by atoms with Gasteiger partial charge in [0.05, 0.1) is 0 Å². The summed E-state index contributed by atoms with van der Waals surface area (Å²) in [5.41, 5.74) is 1.05. The molecule has 3 nitrogen and oxygen atoms in total. The number of hydrogen-bond donors (Lipinski definition) is 1. The van der Waals surface area contributed by atoms with Crippen molar-refractivity contribution in [3.63, 3.8) is 0 Å². The van der Waals surface area contributed by atoms with Crippen LogP contribution in [0.2, 0.25) is 0 Å². The van der Waals surface area contributed by atoms with Crippen LogP contribution in [-0.2, 0) is 6.54 Å². The van der Waals surface area contributed by atoms with E-state index in [1.165, 1.54) is 11.3 Å². The first-order valence-corrected chi connectivity index (χ1v) is 4.43. The van der Waals surface area contributed by atoms with Gasteiger partial charge >= 0.3 is 4.87 Å². The van der Waals surface area contributed by atoms with Gasteiger partial charge in [0.1, 0.15) is 0 Å². The molecule has 0 bridgehead atoms. The van der Waals surface area contributed by atoms with Crippen LogP contribution in [-0.4, -0.2) is 18.2 Å². The molecular weight excluding hydrogens is 160 g/mol. The summed E-state index contributed by atoms with van der Waals surface area (Å²) in [6.07, 6.45) is 0. The molecule has 1 N–H and O–H groups in total. The van der Waals surface area contributed by atoms with Crippen molar-refractivity contribution in [3.8, 4) is 0 Å². The number of aryl methyl sites for hydroxylation is 1. The quantitative estimate of drug-likeness (QED) is 0.717. The number of nitrogens with zero attached hydrogens (tertiary/aromatic N) is 1. The third-order valence-corrected chi connectivity index (χ3v) is 2.44. The Morgan fingerprint density at radius 1 is 1.73 bits per heavy atom. The lowest BCUT2D eigenvalue weighted by Crippen LogP contribution is -2.22. The summed E-state index contributed by atoms with van der Waals surface area (Å²) in [5, 5.41) is 4.89. The zero-order valence-corrected chi connectivity index (χ0v) is 7.57. The molecule has 0 saturated carbocycles. The highest BCUT2D eigenvalue weighted by atomic mass is 32.1. The van der Waals surface area contributed by atoms with Gasteiger partial charge in [0.15, 0.2) is 0 Å². The molecule has 1 aromatic rings. The minimum absolute atomic E-state index is 0.137. The third kappa shape index (κ3) is 1.91. The molecule has 0 aliphatic rings. The molecule has 1 aromatic heterocycles. The summed E-state index contributed by atoms with van der Waals surface area (Å²) in [4.78, 5) is 11.2. The fourth-order valence-electron chi connectivity index (χ4n) is 0.898. The Kier molecular flexibility index (Phi) is 2.84. The minimum atomic E-state index is 0.137. The maximum absolute atomic E-state index is 11.1. The predicted octanol–water partition coefficient (Wildman–Crippen LogP) is 0.438. The normalized spacial score (nSPS) is 10.4. The number of likely N-dealkylation sites (N-methyl/N-ethyl adjacent to an activating group) is 1. The van der Waals surface area contributed by atoms with Crippen LogP contribution in [0.1, 0.15) is 5.69 Å². The first kappa shape index (κ1) is 8.49. The molecule has 0 atom stereocenters. The van der Waals surface area contributed by atoms with E-state index >= 15 is 0 Å². The van der Waals surface area contributed by atoms with E-state index in [4.69, 9.17) is 0 Å². The standard InChI is InChI=1S/C7H12N2OS/c1-6-5-11-7(10)9(6)4-3-8-2/h5,8H,3-4H2,1-2H3. The fourth-order valence-corrected chi connectivity index (χ4v) is 1.66. The van der Waals surface area contributed by atoms with Crippen LogP contribution >= 0.6 is 11.3 Å². The lowest BCUT2D eigenvalue weighted by Gasteiger charge is -2.01. The Morgan fingerprint density at radius 2 is 2.45 bits per heavy atom. The van der Waals surface area contributed by atoms with Gasteiger partial charge in [-0.25, -0.2) is 0 Å². The first-order valence-electron chi connectivity index (χ1n) is 3.55. The van der Waals surface area contributed by atoms with Crippen LogP contribution in [0.15, 0.2) is 10.2 Å². The molecule has 0 radical (unpaired) electrons. The highest BCUT2D eigenvalue weighted by molar-refractivity contribution is 7.07. The summed E-state index contributed by atoms with van der Waals surface area (Å²) < 4.78 is 1.78. The maximum Gasteiger partial charge on any atom is 0.307 e. The number of rotatable bonds is 3. The Balaban J connectivity index is 2.75. The zero-order chi connectivity index (χ0) is 8.27. The maximum atomic E-state index is 11.1. The van der Waals surface area contributed by atoms with Crippen LogP contribution in [0.3, 0.4) is 0 Å². The van der Waals surface area contributed by atoms with Crippen molar-refractivity contribution < 1.29 is 0 Å². The predicted molar refractivity (Wildman–Crippen MR) is 47.2 cm³/mol. The molecule has 0 aliphatic carbocycles. The number of aromatic nitrogens is 1. The van der Waals surface area contributed by atoms with Crippen LogP contribution in [0.5, 0.6) is 0 Å². The number of nitrogens with one attached hydrogen (secondary N) is 1. The smallest absolute Gasteiger partial charge is 0.307 e. The fraction of sp³-hybridized carbons (Fsp3) is 0.571. The molecule has 1 heterocycles. The van der Waals surface area contributed by atoms with E-state index in [0.717, 1.165) is 18.8 Å². The van der Waals surface area contributed by atoms with Crippen LogP contribution < -0.4 is 10.2 Å². The lowest BCUT2D eigenvalue weighted by molar-refractivity contribution is 0.624. The molecule has 4 heteroatoms. The van der Waals surface area contributed by atoms with Crippen molar-refractivity contribution in [2.45, 2.75) is 13.5 Å². The summed E-state index contributed by atoms with van der Waals surface area (Å²) >= 11 is 1.26. The monoisotopic (exact) mass is 172 g/mol. The van der Waals surface area contributed by atoms with Gasteiger partial charge in [-0.05, 0) is 14.0 Å². The summed E-state index contributed by atoms with van der Waals surface area (Å²) in [6, 6.07) is 0. The molecule has 0 aliphatic heterocycles. The summed E-state index contributed by atoms with van der Waals surface area (Å²) in [6.45, 7) is 3.57. The molecule has 0 saturated heterocycles. The van der Waals surface area contributed by atoms with Crippen molar-refractivity contribution in [3.05, 3.63) is 20.7 Å². The van der Waals surface area contributed by atoms with Gasteiger partial charge in [-0.1, -0.05) is 11.3 Å². The van der Waals surface area contributed by atoms with Crippen molar-refractivity contribution in [2.75, 3.05) is 13.6 Å². The molecule has 0 fully saturated rings. The molecule has 1 rings (SSSR count). The van der Waals surface area contributed by atoms with E-state index in [-0.39, 0.29) is 4.87 Å². The lowest BCUT2D eigenvalue weighted by atomic mass is 10.5. The van der Waals surface area contributed by atoms with Crippen molar-refractivity contribution >= 4 is 11.3 Å². The average molecular weight is 172 g/mol. The van der Waals surface area contributed by atoms with E-state index in [1.807, 2.05) is 19.4 Å². The number of thiazole rings is 1. The third-order valence-electron chi connectivity index (χ3n) is 1.56. The van der Waals surface area contributed by atoms with E-state index in [9.17, 15) is 4.79 Å². The highest BCUT2D eigenvalue weighted by Crippen LogP contribution is 1.97. The second kappa shape index (κ2) is 3.69. The molecule has 11 heavy (non-hydrogen) atoms. The first-order chi connectivity index (χ1) is 5.25. The molecule has 0 unspecified atom stereocenters. The Bertz CT molecular complexity index is 276. The van der Waals surface area contributed by atoms with Gasteiger partial charge in [-0.3, -0.25) is 4.79 Å². The SMILES string of the molecule is CNCCn1c(C)csc1=O. The molecular formula is C7H12N2OS. The van der Waals surface area contributed by atoms with Gasteiger partial charge < -0.3 is 9.88 Å². The highest BCUT2D eigenvalue weighted by Gasteiger charge is 1.99. The average Bonchev–Trinajstić information content (AvgIpc) is 2.29. The van der Waals surface area contributed by atoms with Crippen molar-refractivity contribution in [1.29, 1.82) is 0 Å². The molecule has 0 amide bonds. The van der Waals surface area contributed by atoms with Gasteiger partial charge in [-0.15, -0.1) is 0 Å². The van der Waals surface area contributed by atoms with Crippen LogP contribution in [0, 0.1) is 6.92 Å². The summed E-state index contributed by atoms with van der Waals surface area (Å²) in [5.74, 6) is 0. The van der Waals surface area contributed by atoms with Gasteiger partial charge in [0.2, 0.25) is 0 Å². The second-order valence-corrected chi connectivity index (χ2v) is 3.22.